The Morgan fingerprint density at radius 2 is 1.32 bits per heavy atom. The van der Waals surface area contributed by atoms with E-state index in [1.165, 1.54) is 4.90 Å². The van der Waals surface area contributed by atoms with Crippen molar-refractivity contribution in [2.45, 2.75) is 32.4 Å². The van der Waals surface area contributed by atoms with Gasteiger partial charge in [0.05, 0.1) is 6.42 Å². The van der Waals surface area contributed by atoms with E-state index in [-0.39, 0.29) is 24.8 Å². The predicted molar refractivity (Wildman–Crippen MR) is 140 cm³/mol. The molecule has 0 fully saturated rings. The van der Waals surface area contributed by atoms with Gasteiger partial charge < -0.3 is 10.2 Å². The van der Waals surface area contributed by atoms with Crippen LogP contribution in [0.4, 0.5) is 0 Å². The molecule has 0 aliphatic carbocycles. The Hall–Kier alpha value is -2.24. The summed E-state index contributed by atoms with van der Waals surface area (Å²) < 4.78 is 0. The van der Waals surface area contributed by atoms with Crippen molar-refractivity contribution in [1.82, 2.24) is 10.2 Å². The van der Waals surface area contributed by atoms with E-state index in [0.29, 0.717) is 44.2 Å². The number of hydrogen-bond donors (Lipinski definition) is 1. The molecule has 0 saturated heterocycles. The third kappa shape index (κ3) is 6.67. The first-order valence-electron chi connectivity index (χ1n) is 10.8. The molecule has 1 unspecified atom stereocenters. The van der Waals surface area contributed by atoms with Gasteiger partial charge in [-0.2, -0.15) is 0 Å². The third-order valence-electron chi connectivity index (χ3n) is 5.40. The number of benzene rings is 3. The first-order valence-corrected chi connectivity index (χ1v) is 12.3. The number of carbonyl (C=O) groups excluding carboxylic acids is 2. The molecule has 0 saturated carbocycles. The fourth-order valence-electron chi connectivity index (χ4n) is 3.65. The fourth-order valence-corrected chi connectivity index (χ4v) is 4.70. The fraction of sp³-hybridized carbons (Fsp3) is 0.231. The highest BCUT2D eigenvalue weighted by Crippen LogP contribution is 2.29. The van der Waals surface area contributed by atoms with Crippen molar-refractivity contribution in [3.63, 3.8) is 0 Å². The van der Waals surface area contributed by atoms with Crippen LogP contribution in [-0.4, -0.2) is 29.3 Å². The lowest BCUT2D eigenvalue weighted by atomic mass is 10.0. The van der Waals surface area contributed by atoms with Gasteiger partial charge in [0.1, 0.15) is 6.04 Å². The summed E-state index contributed by atoms with van der Waals surface area (Å²) in [6.07, 6.45) is 0.238. The summed E-state index contributed by atoms with van der Waals surface area (Å²) in [5.74, 6) is -0.591. The number of halogens is 4. The van der Waals surface area contributed by atoms with Gasteiger partial charge in [-0.1, -0.05) is 88.9 Å². The van der Waals surface area contributed by atoms with Gasteiger partial charge in [-0.15, -0.1) is 0 Å². The minimum absolute atomic E-state index is 0.0496. The van der Waals surface area contributed by atoms with E-state index in [4.69, 9.17) is 46.4 Å². The van der Waals surface area contributed by atoms with Gasteiger partial charge in [0.2, 0.25) is 11.8 Å². The monoisotopic (exact) mass is 536 g/mol. The van der Waals surface area contributed by atoms with Crippen LogP contribution in [-0.2, 0) is 29.0 Å². The number of carbonyl (C=O) groups is 2. The minimum atomic E-state index is -0.802. The van der Waals surface area contributed by atoms with Gasteiger partial charge in [-0.25, -0.2) is 0 Å². The molecule has 0 aromatic heterocycles. The maximum atomic E-state index is 13.7. The molecule has 4 nitrogen and oxygen atoms in total. The molecule has 1 N–H and O–H groups in total. The highest BCUT2D eigenvalue weighted by atomic mass is 35.5. The summed E-state index contributed by atoms with van der Waals surface area (Å²) in [5.41, 5.74) is 1.98. The molecule has 0 aliphatic heterocycles. The molecule has 1 atom stereocenters. The number of nitrogens with one attached hydrogen (secondary N) is 1. The average Bonchev–Trinajstić information content (AvgIpc) is 2.81. The van der Waals surface area contributed by atoms with Crippen LogP contribution in [0, 0.1) is 0 Å². The van der Waals surface area contributed by atoms with Crippen LogP contribution in [0.15, 0.2) is 66.7 Å². The molecule has 0 radical (unpaired) electrons. The van der Waals surface area contributed by atoms with Crippen molar-refractivity contribution in [2.75, 3.05) is 6.54 Å². The Morgan fingerprint density at radius 3 is 1.85 bits per heavy atom. The summed E-state index contributed by atoms with van der Waals surface area (Å²) in [5, 5.41) is 4.44. The Kier molecular flexibility index (Phi) is 9.66. The molecular formula is C26H24Cl4N2O2. The molecule has 0 spiro atoms. The molecule has 8 heteroatoms. The number of hydrogen-bond acceptors (Lipinski definition) is 2. The van der Waals surface area contributed by atoms with Crippen LogP contribution >= 0.6 is 46.4 Å². The summed E-state index contributed by atoms with van der Waals surface area (Å²) in [4.78, 5) is 28.4. The van der Waals surface area contributed by atoms with Crippen molar-refractivity contribution < 1.29 is 9.59 Å². The summed E-state index contributed by atoms with van der Waals surface area (Å²) in [6.45, 7) is 2.31. The van der Waals surface area contributed by atoms with E-state index in [1.54, 1.807) is 36.4 Å². The predicted octanol–water partition coefficient (Wildman–Crippen LogP) is 6.62. The van der Waals surface area contributed by atoms with E-state index in [0.717, 1.165) is 5.56 Å². The summed E-state index contributed by atoms with van der Waals surface area (Å²) in [6, 6.07) is 18.9. The van der Waals surface area contributed by atoms with E-state index in [9.17, 15) is 9.59 Å². The molecule has 178 valence electrons. The maximum Gasteiger partial charge on any atom is 0.243 e. The van der Waals surface area contributed by atoms with Crippen molar-refractivity contribution in [3.8, 4) is 0 Å². The van der Waals surface area contributed by atoms with Crippen LogP contribution in [0.1, 0.15) is 23.6 Å². The Morgan fingerprint density at radius 1 is 0.794 bits per heavy atom. The second-order valence-electron chi connectivity index (χ2n) is 7.70. The molecule has 2 amide bonds. The van der Waals surface area contributed by atoms with Gasteiger partial charge in [0, 0.05) is 45.2 Å². The van der Waals surface area contributed by atoms with Crippen LogP contribution in [0.3, 0.4) is 0 Å². The van der Waals surface area contributed by atoms with Crippen molar-refractivity contribution >= 4 is 58.2 Å². The smallest absolute Gasteiger partial charge is 0.243 e. The standard InChI is InChI=1S/C26H24Cl4N2O2/c1-2-31-26(34)24(14-17-8-4-3-5-9-17)32(16-19-22(29)12-7-13-23(19)30)25(33)15-18-20(27)10-6-11-21(18)28/h3-13,24H,2,14-16H2,1H3,(H,31,34). The minimum Gasteiger partial charge on any atom is -0.355 e. The number of rotatable bonds is 9. The van der Waals surface area contributed by atoms with Crippen molar-refractivity contribution in [3.05, 3.63) is 104 Å². The lowest BCUT2D eigenvalue weighted by molar-refractivity contribution is -0.140. The molecule has 34 heavy (non-hydrogen) atoms. The van der Waals surface area contributed by atoms with Crippen molar-refractivity contribution in [2.24, 2.45) is 0 Å². The summed E-state index contributed by atoms with van der Waals surface area (Å²) in [7, 11) is 0. The molecule has 0 aliphatic rings. The molecule has 3 aromatic carbocycles. The highest BCUT2D eigenvalue weighted by Gasteiger charge is 2.31. The molecule has 3 aromatic rings. The first-order chi connectivity index (χ1) is 16.3. The van der Waals surface area contributed by atoms with Crippen LogP contribution in [0.5, 0.6) is 0 Å². The van der Waals surface area contributed by atoms with Crippen LogP contribution < -0.4 is 5.32 Å². The Labute approximate surface area is 219 Å². The van der Waals surface area contributed by atoms with E-state index >= 15 is 0 Å². The van der Waals surface area contributed by atoms with Crippen LogP contribution in [0.25, 0.3) is 0 Å². The van der Waals surface area contributed by atoms with Gasteiger partial charge >= 0.3 is 0 Å². The van der Waals surface area contributed by atoms with Gasteiger partial charge in [-0.3, -0.25) is 9.59 Å². The molecule has 0 heterocycles. The topological polar surface area (TPSA) is 49.4 Å². The second kappa shape index (κ2) is 12.5. The van der Waals surface area contributed by atoms with Gasteiger partial charge in [0.25, 0.3) is 0 Å². The first kappa shape index (κ1) is 26.4. The number of likely N-dealkylation sites (N-methyl/N-ethyl adjacent to an activating group) is 1. The van der Waals surface area contributed by atoms with Gasteiger partial charge in [0.15, 0.2) is 0 Å². The normalized spacial score (nSPS) is 11.7. The average molecular weight is 538 g/mol. The largest absolute Gasteiger partial charge is 0.355 e. The number of nitrogens with zero attached hydrogens (tertiary/aromatic N) is 1. The van der Waals surface area contributed by atoms with Gasteiger partial charge in [-0.05, 0) is 42.3 Å². The maximum absolute atomic E-state index is 13.7. The highest BCUT2D eigenvalue weighted by molar-refractivity contribution is 6.36. The second-order valence-corrected chi connectivity index (χ2v) is 9.33. The Balaban J connectivity index is 2.04. The number of amides is 2. The zero-order chi connectivity index (χ0) is 24.7. The molecular weight excluding hydrogens is 514 g/mol. The SMILES string of the molecule is CCNC(=O)C(Cc1ccccc1)N(Cc1c(Cl)cccc1Cl)C(=O)Cc1c(Cl)cccc1Cl. The zero-order valence-electron chi connectivity index (χ0n) is 18.5. The lowest BCUT2D eigenvalue weighted by Gasteiger charge is -2.32. The summed E-state index contributed by atoms with van der Waals surface area (Å²) >= 11 is 25.5. The molecule has 3 rings (SSSR count). The van der Waals surface area contributed by atoms with Crippen molar-refractivity contribution in [1.29, 1.82) is 0 Å². The van der Waals surface area contributed by atoms with Crippen LogP contribution in [0.2, 0.25) is 20.1 Å². The van der Waals surface area contributed by atoms with E-state index < -0.39 is 6.04 Å². The molecule has 0 bridgehead atoms. The van der Waals surface area contributed by atoms with E-state index in [2.05, 4.69) is 5.32 Å². The lowest BCUT2D eigenvalue weighted by Crippen LogP contribution is -2.51. The quantitative estimate of drug-likeness (QED) is 0.333. The third-order valence-corrected chi connectivity index (χ3v) is 6.82. The Bertz CT molecular complexity index is 1110. The van der Waals surface area contributed by atoms with E-state index in [1.807, 2.05) is 37.3 Å². The zero-order valence-corrected chi connectivity index (χ0v) is 21.6.